The van der Waals surface area contributed by atoms with Crippen molar-refractivity contribution in [3.05, 3.63) is 28.8 Å². The SMILES string of the molecule is FCc1cc(CF)c(B2OBOBO2)c(CF)c1. The molecule has 0 aromatic heterocycles. The van der Waals surface area contributed by atoms with E-state index >= 15 is 0 Å². The monoisotopic (exact) mass is 256 g/mol. The first kappa shape index (κ1) is 13.5. The maximum absolute atomic E-state index is 13.0. The van der Waals surface area contributed by atoms with Gasteiger partial charge in [0.2, 0.25) is 0 Å². The Labute approximate surface area is 104 Å². The van der Waals surface area contributed by atoms with Gasteiger partial charge in [0.05, 0.1) is 0 Å². The van der Waals surface area contributed by atoms with Crippen LogP contribution in [-0.2, 0) is 33.7 Å². The van der Waals surface area contributed by atoms with Gasteiger partial charge in [-0.1, -0.05) is 12.1 Å². The average Bonchev–Trinajstić information content (AvgIpc) is 2.46. The highest BCUT2D eigenvalue weighted by Crippen LogP contribution is 2.15. The lowest BCUT2D eigenvalue weighted by atomic mass is 9.70. The highest BCUT2D eigenvalue weighted by Gasteiger charge is 2.30. The summed E-state index contributed by atoms with van der Waals surface area (Å²) in [4.78, 5) is 0. The van der Waals surface area contributed by atoms with Crippen LogP contribution < -0.4 is 5.46 Å². The second-order valence-electron chi connectivity index (χ2n) is 3.83. The lowest BCUT2D eigenvalue weighted by Gasteiger charge is -2.23. The summed E-state index contributed by atoms with van der Waals surface area (Å²) in [6.07, 6.45) is 0. The van der Waals surface area contributed by atoms with E-state index in [1.165, 1.54) is 12.1 Å². The van der Waals surface area contributed by atoms with Gasteiger partial charge in [-0.15, -0.1) is 0 Å². The van der Waals surface area contributed by atoms with Crippen LogP contribution in [-0.4, -0.2) is 22.5 Å². The third kappa shape index (κ3) is 2.73. The maximum Gasteiger partial charge on any atom is 0.466 e. The molecule has 18 heavy (non-hydrogen) atoms. The summed E-state index contributed by atoms with van der Waals surface area (Å²) in [5.74, 6) is 0. The number of rotatable bonds is 4. The molecule has 3 nitrogen and oxygen atoms in total. The van der Waals surface area contributed by atoms with E-state index in [9.17, 15) is 13.2 Å². The number of hydrogen-bond acceptors (Lipinski definition) is 3. The summed E-state index contributed by atoms with van der Waals surface area (Å²) in [5.41, 5.74) is 0.904. The summed E-state index contributed by atoms with van der Waals surface area (Å²) in [6, 6.07) is 2.72. The Balaban J connectivity index is 2.41. The molecule has 1 aromatic rings. The predicted octanol–water partition coefficient (Wildman–Crippen LogP) is 0.387. The van der Waals surface area contributed by atoms with E-state index in [0.717, 1.165) is 0 Å². The highest BCUT2D eigenvalue weighted by atomic mass is 19.1. The molecule has 0 aliphatic carbocycles. The van der Waals surface area contributed by atoms with Crippen molar-refractivity contribution in [3.8, 4) is 0 Å². The Morgan fingerprint density at radius 3 is 1.94 bits per heavy atom. The Hall–Kier alpha value is -0.915. The Morgan fingerprint density at radius 1 is 0.944 bits per heavy atom. The van der Waals surface area contributed by atoms with Crippen molar-refractivity contribution in [2.75, 3.05) is 0 Å². The molecule has 9 heteroatoms. The van der Waals surface area contributed by atoms with Crippen LogP contribution in [0.3, 0.4) is 0 Å². The molecular formula is C9H10B3F3O3. The molecular weight excluding hydrogens is 246 g/mol. The normalized spacial score (nSPS) is 15.2. The smallest absolute Gasteiger partial charge is 0.458 e. The number of hydrogen-bond donors (Lipinski definition) is 0. The third-order valence-electron chi connectivity index (χ3n) is 2.69. The summed E-state index contributed by atoms with van der Waals surface area (Å²) in [7, 11) is -0.885. The fourth-order valence-electron chi connectivity index (χ4n) is 1.92. The summed E-state index contributed by atoms with van der Waals surface area (Å²) < 4.78 is 53.7. The highest BCUT2D eigenvalue weighted by molar-refractivity contribution is 6.72. The second-order valence-corrected chi connectivity index (χ2v) is 3.83. The van der Waals surface area contributed by atoms with E-state index in [-0.39, 0.29) is 32.1 Å². The molecule has 1 aromatic carbocycles. The summed E-state index contributed by atoms with van der Waals surface area (Å²) in [5, 5.41) is 0. The largest absolute Gasteiger partial charge is 0.466 e. The van der Waals surface area contributed by atoms with Crippen molar-refractivity contribution in [2.45, 2.75) is 20.0 Å². The molecule has 1 saturated heterocycles. The van der Waals surface area contributed by atoms with Crippen molar-refractivity contribution in [1.82, 2.24) is 0 Å². The minimum Gasteiger partial charge on any atom is -0.458 e. The van der Waals surface area contributed by atoms with Crippen LogP contribution in [0.1, 0.15) is 16.7 Å². The summed E-state index contributed by atoms with van der Waals surface area (Å²) in [6.45, 7) is -2.43. The van der Waals surface area contributed by atoms with Gasteiger partial charge >= 0.3 is 22.5 Å². The zero-order valence-corrected chi connectivity index (χ0v) is 9.63. The standard InChI is InChI=1S/C9H10B3F3O3/c13-3-6-1-7(4-14)9(8(2-6)5-15)12-17-10-16-11-18-12/h1-2,10-11H,3-5H2. The van der Waals surface area contributed by atoms with E-state index in [1.807, 2.05) is 0 Å². The molecule has 1 aliphatic rings. The van der Waals surface area contributed by atoms with E-state index in [2.05, 4.69) is 0 Å². The summed E-state index contributed by atoms with van der Waals surface area (Å²) >= 11 is 0. The van der Waals surface area contributed by atoms with Crippen molar-refractivity contribution >= 4 is 28.0 Å². The molecule has 0 spiro atoms. The fraction of sp³-hybridized carbons (Fsp3) is 0.333. The molecule has 2 rings (SSSR count). The van der Waals surface area contributed by atoms with Crippen LogP contribution in [0, 0.1) is 0 Å². The van der Waals surface area contributed by atoms with E-state index in [4.69, 9.17) is 13.7 Å². The van der Waals surface area contributed by atoms with Crippen molar-refractivity contribution in [1.29, 1.82) is 0 Å². The van der Waals surface area contributed by atoms with E-state index < -0.39 is 27.1 Å². The van der Waals surface area contributed by atoms with Crippen molar-refractivity contribution in [3.63, 3.8) is 0 Å². The second kappa shape index (κ2) is 6.31. The first-order chi connectivity index (χ1) is 8.80. The molecule has 0 atom stereocenters. The number of benzene rings is 1. The zero-order valence-electron chi connectivity index (χ0n) is 9.63. The van der Waals surface area contributed by atoms with Gasteiger partial charge in [-0.25, -0.2) is 13.2 Å². The van der Waals surface area contributed by atoms with E-state index in [1.54, 1.807) is 0 Å². The van der Waals surface area contributed by atoms with Gasteiger partial charge in [0, 0.05) is 0 Å². The minimum atomic E-state index is -0.871. The van der Waals surface area contributed by atoms with Crippen LogP contribution in [0.5, 0.6) is 0 Å². The fourth-order valence-corrected chi connectivity index (χ4v) is 1.92. The molecule has 1 fully saturated rings. The lowest BCUT2D eigenvalue weighted by molar-refractivity contribution is 0.332. The van der Waals surface area contributed by atoms with Crippen LogP contribution >= 0.6 is 0 Å². The number of halogens is 3. The average molecular weight is 256 g/mol. The van der Waals surface area contributed by atoms with Gasteiger partial charge in [-0.05, 0) is 22.2 Å². The molecule has 94 valence electrons. The van der Waals surface area contributed by atoms with Crippen LogP contribution in [0.2, 0.25) is 0 Å². The topological polar surface area (TPSA) is 27.7 Å². The van der Waals surface area contributed by atoms with Gasteiger partial charge in [0.15, 0.2) is 0 Å². The minimum absolute atomic E-state index is 0.00696. The molecule has 0 N–H and O–H groups in total. The van der Waals surface area contributed by atoms with Gasteiger partial charge in [-0.2, -0.15) is 0 Å². The molecule has 1 heterocycles. The predicted molar refractivity (Wildman–Crippen MR) is 63.8 cm³/mol. The molecule has 0 saturated carbocycles. The third-order valence-corrected chi connectivity index (χ3v) is 2.69. The zero-order chi connectivity index (χ0) is 13.0. The van der Waals surface area contributed by atoms with Gasteiger partial charge in [-0.3, -0.25) is 0 Å². The van der Waals surface area contributed by atoms with Crippen LogP contribution in [0.25, 0.3) is 0 Å². The molecule has 0 radical (unpaired) electrons. The Morgan fingerprint density at radius 2 is 1.50 bits per heavy atom. The molecule has 0 unspecified atom stereocenters. The first-order valence-corrected chi connectivity index (χ1v) is 5.43. The van der Waals surface area contributed by atoms with E-state index in [0.29, 0.717) is 5.46 Å². The van der Waals surface area contributed by atoms with Crippen LogP contribution in [0.4, 0.5) is 13.2 Å². The van der Waals surface area contributed by atoms with Crippen molar-refractivity contribution in [2.24, 2.45) is 0 Å². The Bertz CT molecular complexity index is 390. The van der Waals surface area contributed by atoms with Gasteiger partial charge in [0.25, 0.3) is 0 Å². The lowest BCUT2D eigenvalue weighted by Crippen LogP contribution is -2.47. The molecule has 0 amide bonds. The van der Waals surface area contributed by atoms with Gasteiger partial charge < -0.3 is 13.7 Å². The first-order valence-electron chi connectivity index (χ1n) is 5.43. The van der Waals surface area contributed by atoms with Gasteiger partial charge in [0.1, 0.15) is 20.0 Å². The molecule has 0 bridgehead atoms. The maximum atomic E-state index is 13.0. The molecule has 1 aliphatic heterocycles. The number of alkyl halides is 3. The Kier molecular flexibility index (Phi) is 4.74. The quantitative estimate of drug-likeness (QED) is 0.729. The van der Waals surface area contributed by atoms with Crippen LogP contribution in [0.15, 0.2) is 12.1 Å². The van der Waals surface area contributed by atoms with Crippen molar-refractivity contribution < 1.29 is 26.9 Å².